The summed E-state index contributed by atoms with van der Waals surface area (Å²) in [5.41, 5.74) is 3.62. The first-order chi connectivity index (χ1) is 14.5. The van der Waals surface area contributed by atoms with Gasteiger partial charge in [-0.3, -0.25) is 0 Å². The summed E-state index contributed by atoms with van der Waals surface area (Å²) in [6, 6.07) is 15.2. The molecule has 0 heterocycles. The van der Waals surface area contributed by atoms with E-state index in [4.69, 9.17) is 9.47 Å². The highest BCUT2D eigenvalue weighted by Crippen LogP contribution is 2.23. The van der Waals surface area contributed by atoms with E-state index in [1.165, 1.54) is 11.1 Å². The molecule has 0 spiro atoms. The third kappa shape index (κ3) is 7.86. The van der Waals surface area contributed by atoms with Crippen LogP contribution in [-0.2, 0) is 20.3 Å². The van der Waals surface area contributed by atoms with Gasteiger partial charge in [-0.25, -0.2) is 9.59 Å². The molecule has 0 bridgehead atoms. The van der Waals surface area contributed by atoms with E-state index in [1.807, 2.05) is 48.5 Å². The lowest BCUT2D eigenvalue weighted by Crippen LogP contribution is -2.12. The molecule has 0 aliphatic carbocycles. The lowest BCUT2D eigenvalue weighted by Gasteiger charge is -2.19. The van der Waals surface area contributed by atoms with Crippen molar-refractivity contribution in [3.8, 4) is 0 Å². The van der Waals surface area contributed by atoms with Gasteiger partial charge in [0.25, 0.3) is 0 Å². The number of hydrogen-bond donors (Lipinski definition) is 0. The molecule has 2 rings (SSSR count). The monoisotopic (exact) mass is 424 g/mol. The average Bonchev–Trinajstić information content (AvgIpc) is 2.71. The molecular weight excluding hydrogens is 388 g/mol. The number of carbonyl (C=O) groups excluding carboxylic acids is 2. The van der Waals surface area contributed by atoms with E-state index in [0.717, 1.165) is 19.3 Å². The minimum atomic E-state index is -0.300. The number of rotatable bonds is 8. The van der Waals surface area contributed by atoms with Crippen LogP contribution in [0.25, 0.3) is 0 Å². The van der Waals surface area contributed by atoms with Crippen molar-refractivity contribution >= 4 is 11.9 Å². The topological polar surface area (TPSA) is 52.6 Å². The van der Waals surface area contributed by atoms with Crippen LogP contribution in [0.3, 0.4) is 0 Å². The Labute approximate surface area is 187 Å². The zero-order valence-electron chi connectivity index (χ0n) is 19.8. The predicted molar refractivity (Wildman–Crippen MR) is 125 cm³/mol. The van der Waals surface area contributed by atoms with Gasteiger partial charge in [-0.1, -0.05) is 65.8 Å². The standard InChI is InChI=1S/C27H36O4/c1-26(2,3)22-14-10-20(11-15-22)24(28)30-18-8-7-9-19-31-25(29)21-12-16-23(17-13-21)27(4,5)6/h10-17H,7-9,18-19H2,1-6H3. The number of unbranched alkanes of at least 4 members (excludes halogenated alkanes) is 2. The minimum absolute atomic E-state index is 0.0573. The van der Waals surface area contributed by atoms with Gasteiger partial charge in [0, 0.05) is 0 Å². The number of esters is 2. The smallest absolute Gasteiger partial charge is 0.338 e. The molecule has 0 unspecified atom stereocenters. The Hall–Kier alpha value is -2.62. The molecule has 0 atom stereocenters. The maximum absolute atomic E-state index is 12.1. The van der Waals surface area contributed by atoms with Crippen molar-refractivity contribution in [1.82, 2.24) is 0 Å². The summed E-state index contributed by atoms with van der Waals surface area (Å²) in [5, 5.41) is 0. The van der Waals surface area contributed by atoms with Crippen LogP contribution in [-0.4, -0.2) is 25.2 Å². The second-order valence-corrected chi connectivity index (χ2v) is 9.99. The second kappa shape index (κ2) is 10.6. The molecule has 0 saturated heterocycles. The van der Waals surface area contributed by atoms with Gasteiger partial charge >= 0.3 is 11.9 Å². The molecule has 4 nitrogen and oxygen atoms in total. The van der Waals surface area contributed by atoms with Crippen molar-refractivity contribution in [1.29, 1.82) is 0 Å². The third-order valence-corrected chi connectivity index (χ3v) is 5.23. The summed E-state index contributed by atoms with van der Waals surface area (Å²) in [4.78, 5) is 24.3. The van der Waals surface area contributed by atoms with Crippen LogP contribution >= 0.6 is 0 Å². The van der Waals surface area contributed by atoms with Crippen LogP contribution < -0.4 is 0 Å². The molecular formula is C27H36O4. The number of benzene rings is 2. The largest absolute Gasteiger partial charge is 0.462 e. The summed E-state index contributed by atoms with van der Waals surface area (Å²) >= 11 is 0. The Morgan fingerprint density at radius 2 is 0.903 bits per heavy atom. The van der Waals surface area contributed by atoms with Crippen LogP contribution in [0.4, 0.5) is 0 Å². The molecule has 2 aromatic carbocycles. The fourth-order valence-corrected chi connectivity index (χ4v) is 3.09. The molecule has 2 aromatic rings. The maximum atomic E-state index is 12.1. The SMILES string of the molecule is CC(C)(C)c1ccc(C(=O)OCCCCCOC(=O)c2ccc(C(C)(C)C)cc2)cc1. The van der Waals surface area contributed by atoms with Crippen molar-refractivity contribution < 1.29 is 19.1 Å². The third-order valence-electron chi connectivity index (χ3n) is 5.23. The van der Waals surface area contributed by atoms with Crippen molar-refractivity contribution in [3.63, 3.8) is 0 Å². The number of ether oxygens (including phenoxy) is 2. The highest BCUT2D eigenvalue weighted by molar-refractivity contribution is 5.89. The van der Waals surface area contributed by atoms with E-state index >= 15 is 0 Å². The lowest BCUT2D eigenvalue weighted by atomic mass is 9.87. The Balaban J connectivity index is 1.63. The molecule has 0 aliphatic rings. The van der Waals surface area contributed by atoms with Gasteiger partial charge in [-0.15, -0.1) is 0 Å². The number of carbonyl (C=O) groups is 2. The maximum Gasteiger partial charge on any atom is 0.338 e. The van der Waals surface area contributed by atoms with Crippen molar-refractivity contribution in [3.05, 3.63) is 70.8 Å². The van der Waals surface area contributed by atoms with Crippen LogP contribution in [0.15, 0.2) is 48.5 Å². The first-order valence-electron chi connectivity index (χ1n) is 11.0. The highest BCUT2D eigenvalue weighted by Gasteiger charge is 2.16. The first kappa shape index (κ1) is 24.6. The molecule has 0 aliphatic heterocycles. The number of hydrogen-bond acceptors (Lipinski definition) is 4. The van der Waals surface area contributed by atoms with Crippen molar-refractivity contribution in [2.75, 3.05) is 13.2 Å². The predicted octanol–water partition coefficient (Wildman–Crippen LogP) is 6.47. The van der Waals surface area contributed by atoms with E-state index in [0.29, 0.717) is 24.3 Å². The van der Waals surface area contributed by atoms with Gasteiger partial charge in [-0.05, 0) is 65.5 Å². The molecule has 31 heavy (non-hydrogen) atoms. The van der Waals surface area contributed by atoms with Gasteiger partial charge < -0.3 is 9.47 Å². The zero-order valence-corrected chi connectivity index (χ0v) is 19.8. The summed E-state index contributed by atoms with van der Waals surface area (Å²) < 4.78 is 10.7. The van der Waals surface area contributed by atoms with E-state index < -0.39 is 0 Å². The van der Waals surface area contributed by atoms with Gasteiger partial charge in [0.15, 0.2) is 0 Å². The molecule has 0 fully saturated rings. The van der Waals surface area contributed by atoms with E-state index in [9.17, 15) is 9.59 Å². The molecule has 0 aromatic heterocycles. The molecule has 4 heteroatoms. The average molecular weight is 425 g/mol. The quantitative estimate of drug-likeness (QED) is 0.360. The summed E-state index contributed by atoms with van der Waals surface area (Å²) in [6.45, 7) is 13.6. The molecule has 0 N–H and O–H groups in total. The summed E-state index contributed by atoms with van der Waals surface area (Å²) in [7, 11) is 0. The van der Waals surface area contributed by atoms with Crippen molar-refractivity contribution in [2.24, 2.45) is 0 Å². The molecule has 0 radical (unpaired) electrons. The highest BCUT2D eigenvalue weighted by atomic mass is 16.5. The van der Waals surface area contributed by atoms with Crippen molar-refractivity contribution in [2.45, 2.75) is 71.6 Å². The fourth-order valence-electron chi connectivity index (χ4n) is 3.09. The van der Waals surface area contributed by atoms with Crippen LogP contribution in [0.2, 0.25) is 0 Å². The minimum Gasteiger partial charge on any atom is -0.462 e. The zero-order chi connectivity index (χ0) is 23.1. The van der Waals surface area contributed by atoms with Crippen LogP contribution in [0.5, 0.6) is 0 Å². The Bertz CT molecular complexity index is 777. The van der Waals surface area contributed by atoms with Gasteiger partial charge in [0.2, 0.25) is 0 Å². The van der Waals surface area contributed by atoms with Crippen LogP contribution in [0, 0.1) is 0 Å². The molecule has 168 valence electrons. The van der Waals surface area contributed by atoms with E-state index in [2.05, 4.69) is 41.5 Å². The van der Waals surface area contributed by atoms with Crippen LogP contribution in [0.1, 0.15) is 92.6 Å². The van der Waals surface area contributed by atoms with Gasteiger partial charge in [0.1, 0.15) is 0 Å². The molecule has 0 amide bonds. The summed E-state index contributed by atoms with van der Waals surface area (Å²) in [6.07, 6.45) is 2.31. The normalized spacial score (nSPS) is 11.8. The fraction of sp³-hybridized carbons (Fsp3) is 0.481. The van der Waals surface area contributed by atoms with E-state index in [1.54, 1.807) is 0 Å². The van der Waals surface area contributed by atoms with Gasteiger partial charge in [0.05, 0.1) is 24.3 Å². The Kier molecular flexibility index (Phi) is 8.43. The second-order valence-electron chi connectivity index (χ2n) is 9.99. The Morgan fingerprint density at radius 3 is 1.19 bits per heavy atom. The summed E-state index contributed by atoms with van der Waals surface area (Å²) in [5.74, 6) is -0.601. The van der Waals surface area contributed by atoms with E-state index in [-0.39, 0.29) is 22.8 Å². The first-order valence-corrected chi connectivity index (χ1v) is 11.0. The lowest BCUT2D eigenvalue weighted by molar-refractivity contribution is 0.0478. The Morgan fingerprint density at radius 1 is 0.581 bits per heavy atom. The molecule has 0 saturated carbocycles. The van der Waals surface area contributed by atoms with Gasteiger partial charge in [-0.2, -0.15) is 0 Å².